The monoisotopic (exact) mass is 206 g/mol. The first kappa shape index (κ1) is 9.15. The minimum absolute atomic E-state index is 0.149. The Morgan fingerprint density at radius 2 is 2.36 bits per heavy atom. The number of pyridine rings is 1. The predicted molar refractivity (Wildman–Crippen MR) is 56.4 cm³/mol. The molecule has 0 aliphatic rings. The maximum Gasteiger partial charge on any atom is 0.225 e. The van der Waals surface area contributed by atoms with E-state index in [4.69, 9.17) is 0 Å². The van der Waals surface area contributed by atoms with Crippen LogP contribution in [0.3, 0.4) is 0 Å². The first-order valence-electron chi connectivity index (χ1n) is 4.40. The first-order chi connectivity index (χ1) is 6.81. The standard InChI is InChI=1S/C10H10N2OS/c1-2-8-9(13)12-10(14-8)7-4-3-5-11-6-7/h3-6,13H,2H2,1H3. The Kier molecular flexibility index (Phi) is 2.45. The summed E-state index contributed by atoms with van der Waals surface area (Å²) in [5.74, 6) is 0.149. The van der Waals surface area contributed by atoms with Crippen LogP contribution in [0.2, 0.25) is 0 Å². The van der Waals surface area contributed by atoms with Crippen molar-refractivity contribution in [1.82, 2.24) is 9.97 Å². The molecule has 0 aromatic carbocycles. The fraction of sp³-hybridized carbons (Fsp3) is 0.200. The number of rotatable bonds is 2. The van der Waals surface area contributed by atoms with Crippen LogP contribution < -0.4 is 0 Å². The molecule has 0 bridgehead atoms. The van der Waals surface area contributed by atoms with Gasteiger partial charge >= 0.3 is 0 Å². The third kappa shape index (κ3) is 1.61. The van der Waals surface area contributed by atoms with Crippen LogP contribution in [0.5, 0.6) is 5.88 Å². The summed E-state index contributed by atoms with van der Waals surface area (Å²) in [6.07, 6.45) is 4.28. The van der Waals surface area contributed by atoms with Crippen molar-refractivity contribution >= 4 is 11.3 Å². The molecule has 0 aliphatic heterocycles. The zero-order valence-electron chi connectivity index (χ0n) is 7.77. The summed E-state index contributed by atoms with van der Waals surface area (Å²) in [5, 5.41) is 10.3. The van der Waals surface area contributed by atoms with Crippen molar-refractivity contribution in [2.24, 2.45) is 0 Å². The Hall–Kier alpha value is -1.42. The Balaban J connectivity index is 2.43. The predicted octanol–water partition coefficient (Wildman–Crippen LogP) is 2.47. The van der Waals surface area contributed by atoms with Crippen molar-refractivity contribution in [1.29, 1.82) is 0 Å². The van der Waals surface area contributed by atoms with Gasteiger partial charge in [-0.3, -0.25) is 4.98 Å². The molecule has 0 spiro atoms. The minimum atomic E-state index is 0.149. The molecule has 0 radical (unpaired) electrons. The van der Waals surface area contributed by atoms with Crippen LogP contribution in [0.15, 0.2) is 24.5 Å². The molecule has 0 atom stereocenters. The molecule has 0 aliphatic carbocycles. The molecular weight excluding hydrogens is 196 g/mol. The Bertz CT molecular complexity index is 425. The molecular formula is C10H10N2OS. The molecule has 2 aromatic heterocycles. The second-order valence-corrected chi connectivity index (χ2v) is 3.94. The summed E-state index contributed by atoms with van der Waals surface area (Å²) >= 11 is 1.51. The molecule has 14 heavy (non-hydrogen) atoms. The second-order valence-electron chi connectivity index (χ2n) is 2.86. The Morgan fingerprint density at radius 1 is 1.50 bits per heavy atom. The number of aromatic nitrogens is 2. The largest absolute Gasteiger partial charge is 0.492 e. The van der Waals surface area contributed by atoms with Gasteiger partial charge in [0.2, 0.25) is 5.88 Å². The number of thiazole rings is 1. The van der Waals surface area contributed by atoms with Crippen LogP contribution in [0.25, 0.3) is 10.6 Å². The average Bonchev–Trinajstić information content (AvgIpc) is 2.61. The average molecular weight is 206 g/mol. The SMILES string of the molecule is CCc1sc(-c2cccnc2)nc1O. The van der Waals surface area contributed by atoms with Crippen LogP contribution in [-0.4, -0.2) is 15.1 Å². The van der Waals surface area contributed by atoms with Gasteiger partial charge in [-0.2, -0.15) is 0 Å². The maximum absolute atomic E-state index is 9.47. The topological polar surface area (TPSA) is 46.0 Å². The second kappa shape index (κ2) is 3.75. The summed E-state index contributed by atoms with van der Waals surface area (Å²) < 4.78 is 0. The molecule has 72 valence electrons. The molecule has 2 heterocycles. The molecule has 0 saturated heterocycles. The zero-order valence-corrected chi connectivity index (χ0v) is 8.58. The van der Waals surface area contributed by atoms with E-state index >= 15 is 0 Å². The van der Waals surface area contributed by atoms with Crippen LogP contribution >= 0.6 is 11.3 Å². The van der Waals surface area contributed by atoms with Crippen molar-refractivity contribution in [2.75, 3.05) is 0 Å². The van der Waals surface area contributed by atoms with Crippen LogP contribution in [-0.2, 0) is 6.42 Å². The highest BCUT2D eigenvalue weighted by Crippen LogP contribution is 2.31. The van der Waals surface area contributed by atoms with E-state index in [-0.39, 0.29) is 5.88 Å². The molecule has 1 N–H and O–H groups in total. The molecule has 0 unspecified atom stereocenters. The van der Waals surface area contributed by atoms with Gasteiger partial charge in [0.25, 0.3) is 0 Å². The number of aromatic hydroxyl groups is 1. The smallest absolute Gasteiger partial charge is 0.225 e. The van der Waals surface area contributed by atoms with Gasteiger partial charge in [0.1, 0.15) is 5.01 Å². The minimum Gasteiger partial charge on any atom is -0.492 e. The van der Waals surface area contributed by atoms with Gasteiger partial charge in [0.05, 0.1) is 4.88 Å². The lowest BCUT2D eigenvalue weighted by Crippen LogP contribution is -1.76. The van der Waals surface area contributed by atoms with Gasteiger partial charge in [0, 0.05) is 18.0 Å². The highest BCUT2D eigenvalue weighted by atomic mass is 32.1. The van der Waals surface area contributed by atoms with E-state index in [2.05, 4.69) is 9.97 Å². The Morgan fingerprint density at radius 3 is 2.93 bits per heavy atom. The third-order valence-electron chi connectivity index (χ3n) is 1.91. The van der Waals surface area contributed by atoms with Gasteiger partial charge < -0.3 is 5.11 Å². The molecule has 2 aromatic rings. The summed E-state index contributed by atoms with van der Waals surface area (Å²) in [7, 11) is 0. The van der Waals surface area contributed by atoms with Gasteiger partial charge in [-0.15, -0.1) is 11.3 Å². The number of aryl methyl sites for hydroxylation is 1. The first-order valence-corrected chi connectivity index (χ1v) is 5.22. The van der Waals surface area contributed by atoms with Crippen molar-refractivity contribution < 1.29 is 5.11 Å². The van der Waals surface area contributed by atoms with Gasteiger partial charge in [-0.1, -0.05) is 6.92 Å². The van der Waals surface area contributed by atoms with E-state index in [0.29, 0.717) is 0 Å². The Labute approximate surface area is 86.1 Å². The summed E-state index contributed by atoms with van der Waals surface area (Å²) in [4.78, 5) is 9.02. The quantitative estimate of drug-likeness (QED) is 0.821. The van der Waals surface area contributed by atoms with E-state index < -0.39 is 0 Å². The lowest BCUT2D eigenvalue weighted by atomic mass is 10.3. The number of hydrogen-bond acceptors (Lipinski definition) is 4. The van der Waals surface area contributed by atoms with E-state index in [1.807, 2.05) is 19.1 Å². The summed E-state index contributed by atoms with van der Waals surface area (Å²) in [6, 6.07) is 3.80. The van der Waals surface area contributed by atoms with Gasteiger partial charge in [-0.05, 0) is 18.6 Å². The van der Waals surface area contributed by atoms with Crippen LogP contribution in [0, 0.1) is 0 Å². The number of nitrogens with zero attached hydrogens (tertiary/aromatic N) is 2. The summed E-state index contributed by atoms with van der Waals surface area (Å²) in [6.45, 7) is 2.00. The molecule has 3 nitrogen and oxygen atoms in total. The molecule has 0 fully saturated rings. The molecule has 2 rings (SSSR count). The van der Waals surface area contributed by atoms with Crippen molar-refractivity contribution in [3.05, 3.63) is 29.4 Å². The van der Waals surface area contributed by atoms with Gasteiger partial charge in [0.15, 0.2) is 0 Å². The number of hydrogen-bond donors (Lipinski definition) is 1. The van der Waals surface area contributed by atoms with Crippen LogP contribution in [0.4, 0.5) is 0 Å². The van der Waals surface area contributed by atoms with E-state index in [1.165, 1.54) is 11.3 Å². The zero-order chi connectivity index (χ0) is 9.97. The lowest BCUT2D eigenvalue weighted by molar-refractivity contribution is 0.452. The fourth-order valence-corrected chi connectivity index (χ4v) is 2.07. The van der Waals surface area contributed by atoms with E-state index in [1.54, 1.807) is 12.4 Å². The van der Waals surface area contributed by atoms with E-state index in [9.17, 15) is 5.11 Å². The summed E-state index contributed by atoms with van der Waals surface area (Å²) in [5.41, 5.74) is 0.951. The molecule has 0 saturated carbocycles. The van der Waals surface area contributed by atoms with Crippen molar-refractivity contribution in [3.63, 3.8) is 0 Å². The normalized spacial score (nSPS) is 10.4. The maximum atomic E-state index is 9.47. The highest BCUT2D eigenvalue weighted by Gasteiger charge is 2.09. The van der Waals surface area contributed by atoms with Crippen molar-refractivity contribution in [3.8, 4) is 16.5 Å². The van der Waals surface area contributed by atoms with Gasteiger partial charge in [-0.25, -0.2) is 4.98 Å². The van der Waals surface area contributed by atoms with Crippen LogP contribution in [0.1, 0.15) is 11.8 Å². The fourth-order valence-electron chi connectivity index (χ4n) is 1.19. The highest BCUT2D eigenvalue weighted by molar-refractivity contribution is 7.15. The molecule has 4 heteroatoms. The van der Waals surface area contributed by atoms with Crippen molar-refractivity contribution in [2.45, 2.75) is 13.3 Å². The lowest BCUT2D eigenvalue weighted by Gasteiger charge is -1.91. The van der Waals surface area contributed by atoms with E-state index in [0.717, 1.165) is 21.9 Å². The molecule has 0 amide bonds. The third-order valence-corrected chi connectivity index (χ3v) is 3.14.